The summed E-state index contributed by atoms with van der Waals surface area (Å²) in [4.78, 5) is 24.5. The normalized spacial score (nSPS) is 13.2. The number of Topliss-reactive ketones (excluding diaryl/α,β-unsaturated/α-hetero) is 1. The molecule has 0 saturated carbocycles. The maximum Gasteiger partial charge on any atom is 0.306 e. The number of benzene rings is 2. The summed E-state index contributed by atoms with van der Waals surface area (Å²) in [5.41, 5.74) is 2.66. The van der Waals surface area contributed by atoms with E-state index in [0.717, 1.165) is 22.3 Å². The zero-order valence-electron chi connectivity index (χ0n) is 19.7. The average molecular weight is 441 g/mol. The number of esters is 1. The van der Waals surface area contributed by atoms with Crippen LogP contribution < -0.4 is 14.2 Å². The van der Waals surface area contributed by atoms with E-state index in [1.807, 2.05) is 58.0 Å². The van der Waals surface area contributed by atoms with Gasteiger partial charge in [-0.1, -0.05) is 32.0 Å². The summed E-state index contributed by atoms with van der Waals surface area (Å²) < 4.78 is 23.0. The fraction of sp³-hybridized carbons (Fsp3) is 0.462. The van der Waals surface area contributed by atoms with Gasteiger partial charge < -0.3 is 18.9 Å². The van der Waals surface area contributed by atoms with Crippen LogP contribution in [0.3, 0.4) is 0 Å². The number of hydrogen-bond donors (Lipinski definition) is 0. The summed E-state index contributed by atoms with van der Waals surface area (Å²) in [5, 5.41) is 0. The van der Waals surface area contributed by atoms with Crippen molar-refractivity contribution in [1.82, 2.24) is 0 Å². The van der Waals surface area contributed by atoms with E-state index in [0.29, 0.717) is 36.5 Å². The van der Waals surface area contributed by atoms with Gasteiger partial charge in [0.25, 0.3) is 0 Å². The molecule has 0 saturated heterocycles. The van der Waals surface area contributed by atoms with Crippen LogP contribution in [0.4, 0.5) is 0 Å². The summed E-state index contributed by atoms with van der Waals surface area (Å²) in [6.45, 7) is 7.70. The lowest BCUT2D eigenvalue weighted by molar-refractivity contribution is -0.160. The van der Waals surface area contributed by atoms with Crippen molar-refractivity contribution in [3.05, 3.63) is 41.5 Å². The minimum absolute atomic E-state index is 0.126. The molecular weight excluding hydrogens is 408 g/mol. The van der Waals surface area contributed by atoms with E-state index in [-0.39, 0.29) is 24.3 Å². The summed E-state index contributed by atoms with van der Waals surface area (Å²) in [5.74, 6) is 1.59. The van der Waals surface area contributed by atoms with Gasteiger partial charge in [-0.3, -0.25) is 9.59 Å². The van der Waals surface area contributed by atoms with Gasteiger partial charge >= 0.3 is 5.97 Å². The smallest absolute Gasteiger partial charge is 0.306 e. The number of carbonyl (C=O) groups excluding carboxylic acids is 2. The summed E-state index contributed by atoms with van der Waals surface area (Å²) in [6.07, 6.45) is 1.55. The Labute approximate surface area is 189 Å². The molecule has 32 heavy (non-hydrogen) atoms. The number of rotatable bonds is 9. The van der Waals surface area contributed by atoms with Crippen molar-refractivity contribution in [1.29, 1.82) is 0 Å². The van der Waals surface area contributed by atoms with E-state index in [1.165, 1.54) is 0 Å². The highest BCUT2D eigenvalue weighted by Crippen LogP contribution is 2.46. The molecule has 172 valence electrons. The van der Waals surface area contributed by atoms with Crippen LogP contribution in [0.2, 0.25) is 0 Å². The molecule has 2 aromatic rings. The lowest BCUT2D eigenvalue weighted by atomic mass is 9.95. The Balaban J connectivity index is 1.98. The second kappa shape index (κ2) is 9.63. The average Bonchev–Trinajstić information content (AvgIpc) is 3.11. The standard InChI is InChI=1S/C26H32O6/c1-16(2)14-23(28)32-26(3,4)15-31-24-20(11-13-22(29-5)25(24)30-6)17-8-7-9-19-18(17)10-12-21(19)27/h7-9,11,13,16H,10,12,14-15H2,1-6H3. The molecule has 0 heterocycles. The van der Waals surface area contributed by atoms with Gasteiger partial charge in [0, 0.05) is 24.0 Å². The van der Waals surface area contributed by atoms with Crippen molar-refractivity contribution < 1.29 is 28.5 Å². The Morgan fingerprint density at radius 1 is 0.969 bits per heavy atom. The van der Waals surface area contributed by atoms with Gasteiger partial charge in [0.05, 0.1) is 14.2 Å². The van der Waals surface area contributed by atoms with Crippen molar-refractivity contribution in [2.24, 2.45) is 5.92 Å². The van der Waals surface area contributed by atoms with Gasteiger partial charge in [0.1, 0.15) is 12.2 Å². The minimum atomic E-state index is -0.841. The highest BCUT2D eigenvalue weighted by atomic mass is 16.6. The molecular formula is C26H32O6. The third-order valence-corrected chi connectivity index (χ3v) is 5.40. The lowest BCUT2D eigenvalue weighted by Crippen LogP contribution is -2.35. The molecule has 0 spiro atoms. The van der Waals surface area contributed by atoms with Crippen LogP contribution in [-0.4, -0.2) is 38.2 Å². The second-order valence-electron chi connectivity index (χ2n) is 9.05. The minimum Gasteiger partial charge on any atom is -0.493 e. The Bertz CT molecular complexity index is 1010. The van der Waals surface area contributed by atoms with Crippen LogP contribution in [-0.2, 0) is 16.0 Å². The zero-order valence-corrected chi connectivity index (χ0v) is 19.7. The number of hydrogen-bond acceptors (Lipinski definition) is 6. The summed E-state index contributed by atoms with van der Waals surface area (Å²) in [7, 11) is 3.12. The third kappa shape index (κ3) is 5.06. The first-order valence-electron chi connectivity index (χ1n) is 10.9. The zero-order chi connectivity index (χ0) is 23.5. The van der Waals surface area contributed by atoms with Crippen molar-refractivity contribution >= 4 is 11.8 Å². The molecule has 1 aliphatic carbocycles. The Morgan fingerprint density at radius 3 is 2.34 bits per heavy atom. The molecule has 6 nitrogen and oxygen atoms in total. The molecule has 0 bridgehead atoms. The molecule has 0 aromatic heterocycles. The number of ether oxygens (including phenoxy) is 4. The number of fused-ring (bicyclic) bond motifs is 1. The van der Waals surface area contributed by atoms with E-state index >= 15 is 0 Å². The van der Waals surface area contributed by atoms with Crippen LogP contribution in [0.1, 0.15) is 56.5 Å². The molecule has 2 aromatic carbocycles. The van der Waals surface area contributed by atoms with E-state index < -0.39 is 5.60 Å². The predicted molar refractivity (Wildman–Crippen MR) is 123 cm³/mol. The van der Waals surface area contributed by atoms with Crippen LogP contribution in [0.25, 0.3) is 11.1 Å². The van der Waals surface area contributed by atoms with Crippen LogP contribution in [0.5, 0.6) is 17.2 Å². The monoisotopic (exact) mass is 440 g/mol. The van der Waals surface area contributed by atoms with Crippen molar-refractivity contribution in [2.45, 2.75) is 52.6 Å². The van der Waals surface area contributed by atoms with Gasteiger partial charge in [-0.15, -0.1) is 0 Å². The van der Waals surface area contributed by atoms with E-state index in [1.54, 1.807) is 14.2 Å². The molecule has 1 aliphatic rings. The highest BCUT2D eigenvalue weighted by Gasteiger charge is 2.29. The highest BCUT2D eigenvalue weighted by molar-refractivity contribution is 6.02. The topological polar surface area (TPSA) is 71.1 Å². The maximum atomic E-state index is 12.3. The predicted octanol–water partition coefficient (Wildman–Crippen LogP) is 5.25. The molecule has 0 amide bonds. The summed E-state index contributed by atoms with van der Waals surface area (Å²) in [6, 6.07) is 9.47. The van der Waals surface area contributed by atoms with E-state index in [4.69, 9.17) is 18.9 Å². The Morgan fingerprint density at radius 2 is 1.69 bits per heavy atom. The maximum absolute atomic E-state index is 12.3. The van der Waals surface area contributed by atoms with Crippen LogP contribution in [0.15, 0.2) is 30.3 Å². The van der Waals surface area contributed by atoms with Crippen LogP contribution >= 0.6 is 0 Å². The first-order valence-corrected chi connectivity index (χ1v) is 10.9. The van der Waals surface area contributed by atoms with Gasteiger partial charge in [0.15, 0.2) is 17.3 Å². The molecule has 0 radical (unpaired) electrons. The second-order valence-corrected chi connectivity index (χ2v) is 9.05. The van der Waals surface area contributed by atoms with Gasteiger partial charge in [-0.05, 0) is 49.4 Å². The quantitative estimate of drug-likeness (QED) is 0.496. The molecule has 0 fully saturated rings. The number of carbonyl (C=O) groups is 2. The molecule has 3 rings (SSSR count). The van der Waals surface area contributed by atoms with Crippen molar-refractivity contribution in [3.8, 4) is 28.4 Å². The summed E-state index contributed by atoms with van der Waals surface area (Å²) >= 11 is 0. The van der Waals surface area contributed by atoms with E-state index in [9.17, 15) is 9.59 Å². The van der Waals surface area contributed by atoms with Crippen LogP contribution in [0, 0.1) is 5.92 Å². The van der Waals surface area contributed by atoms with Crippen molar-refractivity contribution in [3.63, 3.8) is 0 Å². The first kappa shape index (κ1) is 23.6. The van der Waals surface area contributed by atoms with Crippen molar-refractivity contribution in [2.75, 3.05) is 20.8 Å². The number of ketones is 1. The number of methoxy groups -OCH3 is 2. The van der Waals surface area contributed by atoms with Gasteiger partial charge in [-0.2, -0.15) is 0 Å². The SMILES string of the molecule is COc1ccc(-c2cccc3c2CCC3=O)c(OCC(C)(C)OC(=O)CC(C)C)c1OC. The molecule has 6 heteroatoms. The van der Waals surface area contributed by atoms with Gasteiger partial charge in [-0.25, -0.2) is 0 Å². The third-order valence-electron chi connectivity index (χ3n) is 5.40. The first-order chi connectivity index (χ1) is 15.2. The molecule has 0 N–H and O–H groups in total. The fourth-order valence-electron chi connectivity index (χ4n) is 3.96. The van der Waals surface area contributed by atoms with E-state index in [2.05, 4.69) is 0 Å². The Hall–Kier alpha value is -3.02. The molecule has 0 atom stereocenters. The lowest BCUT2D eigenvalue weighted by Gasteiger charge is -2.27. The van der Waals surface area contributed by atoms with Gasteiger partial charge in [0.2, 0.25) is 5.75 Å². The largest absolute Gasteiger partial charge is 0.493 e. The fourth-order valence-corrected chi connectivity index (χ4v) is 3.96. The molecule has 0 aliphatic heterocycles. The molecule has 0 unspecified atom stereocenters. The Kier molecular flexibility index (Phi) is 7.12.